The van der Waals surface area contributed by atoms with E-state index < -0.39 is 0 Å². The largest absolute Gasteiger partial charge is 0.314 e. The molecule has 1 aliphatic carbocycles. The minimum Gasteiger partial charge on any atom is -0.314 e. The fraction of sp³-hybridized carbons (Fsp3) is 1.00. The Morgan fingerprint density at radius 2 is 1.60 bits per heavy atom. The van der Waals surface area contributed by atoms with Crippen molar-refractivity contribution in [1.29, 1.82) is 0 Å². The third-order valence-corrected chi connectivity index (χ3v) is 5.41. The van der Waals surface area contributed by atoms with E-state index in [1.54, 1.807) is 0 Å². The molecule has 1 rings (SSSR count). The molecule has 1 heteroatoms. The van der Waals surface area contributed by atoms with Crippen molar-refractivity contribution in [1.82, 2.24) is 5.32 Å². The third kappa shape index (κ3) is 5.76. The molecule has 0 aromatic carbocycles. The molecular formula is C19H39N. The molecule has 1 aliphatic rings. The molecule has 1 N–H and O–H groups in total. The summed E-state index contributed by atoms with van der Waals surface area (Å²) in [5, 5.41) is 3.73. The molecule has 0 aromatic heterocycles. The number of hydrogen-bond acceptors (Lipinski definition) is 1. The van der Waals surface area contributed by atoms with E-state index in [-0.39, 0.29) is 0 Å². The van der Waals surface area contributed by atoms with Crippen molar-refractivity contribution in [3.63, 3.8) is 0 Å². The van der Waals surface area contributed by atoms with Crippen molar-refractivity contribution in [3.05, 3.63) is 0 Å². The first kappa shape index (κ1) is 18.0. The van der Waals surface area contributed by atoms with E-state index in [2.05, 4.69) is 53.8 Å². The Balaban J connectivity index is 2.61. The van der Waals surface area contributed by atoms with E-state index in [1.165, 1.54) is 45.1 Å². The van der Waals surface area contributed by atoms with Gasteiger partial charge in [-0.05, 0) is 54.8 Å². The van der Waals surface area contributed by atoms with Crippen LogP contribution in [0.1, 0.15) is 87.0 Å². The van der Waals surface area contributed by atoms with Crippen LogP contribution in [0.3, 0.4) is 0 Å². The van der Waals surface area contributed by atoms with Crippen LogP contribution in [0, 0.1) is 22.7 Å². The molecule has 0 radical (unpaired) electrons. The summed E-state index contributed by atoms with van der Waals surface area (Å²) in [6.07, 6.45) is 8.53. The first-order valence-electron chi connectivity index (χ1n) is 8.88. The van der Waals surface area contributed by atoms with Crippen molar-refractivity contribution in [2.75, 3.05) is 6.54 Å². The lowest BCUT2D eigenvalue weighted by Crippen LogP contribution is -2.42. The van der Waals surface area contributed by atoms with Gasteiger partial charge in [0, 0.05) is 12.6 Å². The second-order valence-electron chi connectivity index (χ2n) is 9.11. The Morgan fingerprint density at radius 3 is 2.00 bits per heavy atom. The lowest BCUT2D eigenvalue weighted by Gasteiger charge is -2.45. The van der Waals surface area contributed by atoms with Gasteiger partial charge in [-0.25, -0.2) is 0 Å². The zero-order valence-corrected chi connectivity index (χ0v) is 15.2. The van der Waals surface area contributed by atoms with Gasteiger partial charge >= 0.3 is 0 Å². The van der Waals surface area contributed by atoms with Crippen molar-refractivity contribution in [2.45, 2.75) is 93.0 Å². The maximum Gasteiger partial charge on any atom is 0.00106 e. The normalized spacial score (nSPS) is 28.4. The highest BCUT2D eigenvalue weighted by molar-refractivity contribution is 4.91. The van der Waals surface area contributed by atoms with Crippen LogP contribution in [-0.4, -0.2) is 12.6 Å². The van der Waals surface area contributed by atoms with E-state index in [9.17, 15) is 0 Å². The molecular weight excluding hydrogens is 242 g/mol. The molecule has 0 amide bonds. The maximum absolute atomic E-state index is 3.73. The summed E-state index contributed by atoms with van der Waals surface area (Å²) in [5.41, 5.74) is 1.08. The molecule has 0 saturated heterocycles. The Hall–Kier alpha value is -0.0400. The Kier molecular flexibility index (Phi) is 6.57. The highest BCUT2D eigenvalue weighted by atomic mass is 14.9. The summed E-state index contributed by atoms with van der Waals surface area (Å²) in [6, 6.07) is 0.617. The van der Waals surface area contributed by atoms with Crippen molar-refractivity contribution in [3.8, 4) is 0 Å². The summed E-state index contributed by atoms with van der Waals surface area (Å²) in [7, 11) is 0. The first-order chi connectivity index (χ1) is 9.15. The fourth-order valence-corrected chi connectivity index (χ4v) is 3.63. The molecule has 1 nitrogen and oxygen atoms in total. The second-order valence-corrected chi connectivity index (χ2v) is 9.11. The van der Waals surface area contributed by atoms with E-state index in [4.69, 9.17) is 0 Å². The van der Waals surface area contributed by atoms with Gasteiger partial charge in [-0.15, -0.1) is 0 Å². The van der Waals surface area contributed by atoms with Gasteiger partial charge < -0.3 is 5.32 Å². The van der Waals surface area contributed by atoms with Gasteiger partial charge in [-0.3, -0.25) is 0 Å². The standard InChI is InChI=1S/C19H39N/c1-15(2)8-11-19(14-20-16(3)4)12-9-17(10-13-19)18(5,6)7/h15-17,20H,8-14H2,1-7H3. The molecule has 0 aliphatic heterocycles. The summed E-state index contributed by atoms with van der Waals surface area (Å²) < 4.78 is 0. The van der Waals surface area contributed by atoms with Crippen molar-refractivity contribution in [2.24, 2.45) is 22.7 Å². The quantitative estimate of drug-likeness (QED) is 0.664. The molecule has 120 valence electrons. The van der Waals surface area contributed by atoms with Crippen LogP contribution in [0.25, 0.3) is 0 Å². The predicted octanol–water partition coefficient (Wildman–Crippen LogP) is 5.64. The minimum absolute atomic E-state index is 0.496. The third-order valence-electron chi connectivity index (χ3n) is 5.41. The average molecular weight is 282 g/mol. The summed E-state index contributed by atoms with van der Waals surface area (Å²) >= 11 is 0. The lowest BCUT2D eigenvalue weighted by atomic mass is 9.62. The minimum atomic E-state index is 0.496. The highest BCUT2D eigenvalue weighted by Crippen LogP contribution is 2.47. The second kappa shape index (κ2) is 7.29. The van der Waals surface area contributed by atoms with Gasteiger partial charge in [-0.1, -0.05) is 54.9 Å². The molecule has 20 heavy (non-hydrogen) atoms. The van der Waals surface area contributed by atoms with E-state index in [1.807, 2.05) is 0 Å². The first-order valence-corrected chi connectivity index (χ1v) is 8.88. The Labute approximate surface area is 128 Å². The maximum atomic E-state index is 3.73. The topological polar surface area (TPSA) is 12.0 Å². The SMILES string of the molecule is CC(C)CCC1(CNC(C)C)CCC(C(C)(C)C)CC1. The zero-order chi connectivity index (χ0) is 15.4. The molecule has 0 atom stereocenters. The smallest absolute Gasteiger partial charge is 0.00106 e. The van der Waals surface area contributed by atoms with Gasteiger partial charge in [0.05, 0.1) is 0 Å². The van der Waals surface area contributed by atoms with Crippen LogP contribution in [0.5, 0.6) is 0 Å². The summed E-state index contributed by atoms with van der Waals surface area (Å²) in [4.78, 5) is 0. The predicted molar refractivity (Wildman–Crippen MR) is 91.1 cm³/mol. The molecule has 1 saturated carbocycles. The van der Waals surface area contributed by atoms with E-state index in [0.29, 0.717) is 16.9 Å². The van der Waals surface area contributed by atoms with Gasteiger partial charge in [0.25, 0.3) is 0 Å². The molecule has 0 unspecified atom stereocenters. The molecule has 0 spiro atoms. The molecule has 0 heterocycles. The van der Waals surface area contributed by atoms with Gasteiger partial charge in [0.15, 0.2) is 0 Å². The Bertz CT molecular complexity index is 250. The van der Waals surface area contributed by atoms with Crippen LogP contribution < -0.4 is 5.32 Å². The van der Waals surface area contributed by atoms with Crippen LogP contribution in [0.2, 0.25) is 0 Å². The van der Waals surface area contributed by atoms with Crippen LogP contribution in [0.4, 0.5) is 0 Å². The lowest BCUT2D eigenvalue weighted by molar-refractivity contribution is 0.0739. The highest BCUT2D eigenvalue weighted by Gasteiger charge is 2.38. The number of hydrogen-bond donors (Lipinski definition) is 1. The monoisotopic (exact) mass is 281 g/mol. The molecule has 0 aromatic rings. The summed E-state index contributed by atoms with van der Waals surface area (Å²) in [5.74, 6) is 1.76. The van der Waals surface area contributed by atoms with Crippen molar-refractivity contribution < 1.29 is 0 Å². The molecule has 0 bridgehead atoms. The van der Waals surface area contributed by atoms with Crippen LogP contribution in [-0.2, 0) is 0 Å². The Morgan fingerprint density at radius 1 is 1.05 bits per heavy atom. The zero-order valence-electron chi connectivity index (χ0n) is 15.2. The fourth-order valence-electron chi connectivity index (χ4n) is 3.63. The summed E-state index contributed by atoms with van der Waals surface area (Å²) in [6.45, 7) is 17.8. The van der Waals surface area contributed by atoms with Gasteiger partial charge in [-0.2, -0.15) is 0 Å². The van der Waals surface area contributed by atoms with Crippen LogP contribution in [0.15, 0.2) is 0 Å². The van der Waals surface area contributed by atoms with Gasteiger partial charge in [0.2, 0.25) is 0 Å². The number of rotatable bonds is 6. The van der Waals surface area contributed by atoms with Gasteiger partial charge in [0.1, 0.15) is 0 Å². The van der Waals surface area contributed by atoms with E-state index >= 15 is 0 Å². The van der Waals surface area contributed by atoms with Crippen molar-refractivity contribution >= 4 is 0 Å². The van der Waals surface area contributed by atoms with Crippen LogP contribution >= 0.6 is 0 Å². The molecule has 1 fully saturated rings. The van der Waals surface area contributed by atoms with E-state index in [0.717, 1.165) is 11.8 Å². The number of nitrogens with one attached hydrogen (secondary N) is 1. The average Bonchev–Trinajstić information content (AvgIpc) is 2.34.